The highest BCUT2D eigenvalue weighted by molar-refractivity contribution is 6.02. The highest BCUT2D eigenvalue weighted by Gasteiger charge is 2.36. The van der Waals surface area contributed by atoms with Crippen LogP contribution in [0.15, 0.2) is 48.8 Å². The maximum atomic E-state index is 13.0. The Morgan fingerprint density at radius 2 is 1.84 bits per heavy atom. The Morgan fingerprint density at radius 1 is 1.12 bits per heavy atom. The molecule has 4 rings (SSSR count). The molecule has 2 heterocycles. The first-order valence-corrected chi connectivity index (χ1v) is 8.38. The molecule has 0 aliphatic carbocycles. The summed E-state index contributed by atoms with van der Waals surface area (Å²) < 4.78 is 1.59. The summed E-state index contributed by atoms with van der Waals surface area (Å²) in [5, 5.41) is 0. The lowest BCUT2D eigenvalue weighted by molar-refractivity contribution is -0.117. The van der Waals surface area contributed by atoms with E-state index in [2.05, 4.69) is 4.98 Å². The Kier molecular flexibility index (Phi) is 3.64. The molecule has 3 aromatic rings. The lowest BCUT2D eigenvalue weighted by Gasteiger charge is -2.16. The van der Waals surface area contributed by atoms with Gasteiger partial charge >= 0.3 is 0 Å². The van der Waals surface area contributed by atoms with Gasteiger partial charge < -0.3 is 4.90 Å². The molecule has 1 aliphatic rings. The van der Waals surface area contributed by atoms with E-state index in [4.69, 9.17) is 0 Å². The van der Waals surface area contributed by atoms with Crippen LogP contribution in [0, 0.1) is 19.8 Å². The molecule has 1 amide bonds. The zero-order chi connectivity index (χ0) is 17.6. The molecule has 126 valence electrons. The number of imidazole rings is 1. The second-order valence-electron chi connectivity index (χ2n) is 6.62. The number of nitrogens with zero attached hydrogens (tertiary/aromatic N) is 3. The maximum absolute atomic E-state index is 13.0. The third-order valence-electron chi connectivity index (χ3n) is 4.94. The first-order chi connectivity index (χ1) is 12.0. The molecular formula is C20H19N3O2. The number of fused-ring (bicyclic) bond motifs is 1. The molecule has 1 unspecified atom stereocenters. The molecule has 1 fully saturated rings. The Labute approximate surface area is 145 Å². The number of para-hydroxylation sites is 1. The van der Waals surface area contributed by atoms with Gasteiger partial charge in [-0.05, 0) is 49.2 Å². The van der Waals surface area contributed by atoms with Gasteiger partial charge in [-0.1, -0.05) is 18.2 Å². The Bertz CT molecular complexity index is 975. The van der Waals surface area contributed by atoms with Crippen molar-refractivity contribution in [3.63, 3.8) is 0 Å². The van der Waals surface area contributed by atoms with Gasteiger partial charge in [-0.25, -0.2) is 4.98 Å². The number of amides is 1. The van der Waals surface area contributed by atoms with Gasteiger partial charge in [0.05, 0.1) is 17.0 Å². The largest absolute Gasteiger partial charge is 0.312 e. The average molecular weight is 333 g/mol. The first kappa shape index (κ1) is 15.6. The molecule has 1 saturated heterocycles. The van der Waals surface area contributed by atoms with Gasteiger partial charge in [-0.3, -0.25) is 14.2 Å². The van der Waals surface area contributed by atoms with Crippen LogP contribution in [-0.2, 0) is 4.79 Å². The average Bonchev–Trinajstić information content (AvgIpc) is 3.19. The Morgan fingerprint density at radius 3 is 2.60 bits per heavy atom. The van der Waals surface area contributed by atoms with Gasteiger partial charge in [-0.15, -0.1) is 0 Å². The topological polar surface area (TPSA) is 55.2 Å². The minimum atomic E-state index is -0.355. The fourth-order valence-electron chi connectivity index (χ4n) is 3.37. The van der Waals surface area contributed by atoms with Gasteiger partial charge in [0, 0.05) is 18.7 Å². The Balaban J connectivity index is 1.64. The molecule has 0 saturated carbocycles. The van der Waals surface area contributed by atoms with Crippen molar-refractivity contribution in [3.05, 3.63) is 59.9 Å². The molecule has 1 aliphatic heterocycles. The van der Waals surface area contributed by atoms with Gasteiger partial charge in [0.1, 0.15) is 6.33 Å². The second kappa shape index (κ2) is 5.84. The number of rotatable bonds is 2. The number of hydrogen-bond acceptors (Lipinski definition) is 3. The quantitative estimate of drug-likeness (QED) is 0.723. The minimum Gasteiger partial charge on any atom is -0.312 e. The van der Waals surface area contributed by atoms with Crippen LogP contribution < -0.4 is 4.90 Å². The highest BCUT2D eigenvalue weighted by Crippen LogP contribution is 2.27. The standard InChI is InChI=1S/C20H19N3O2/c1-13-8-17-18(9-14(13)2)23(12-21-17)20(25)15-10-19(24)22(11-15)16-6-4-3-5-7-16/h3-9,12,15H,10-11H2,1-2H3. The van der Waals surface area contributed by atoms with E-state index in [9.17, 15) is 9.59 Å². The predicted octanol–water partition coefficient (Wildman–Crippen LogP) is 3.35. The third-order valence-corrected chi connectivity index (χ3v) is 4.94. The van der Waals surface area contributed by atoms with Crippen LogP contribution in [-0.4, -0.2) is 27.9 Å². The predicted molar refractivity (Wildman–Crippen MR) is 96.7 cm³/mol. The van der Waals surface area contributed by atoms with Crippen molar-refractivity contribution >= 4 is 28.5 Å². The van der Waals surface area contributed by atoms with Crippen molar-refractivity contribution in [1.82, 2.24) is 9.55 Å². The molecular weight excluding hydrogens is 314 g/mol. The van der Waals surface area contributed by atoms with Crippen LogP contribution >= 0.6 is 0 Å². The van der Waals surface area contributed by atoms with Crippen molar-refractivity contribution < 1.29 is 9.59 Å². The third kappa shape index (κ3) is 2.61. The number of anilines is 1. The van der Waals surface area contributed by atoms with Gasteiger partial charge in [0.2, 0.25) is 11.8 Å². The van der Waals surface area contributed by atoms with Crippen molar-refractivity contribution in [3.8, 4) is 0 Å². The first-order valence-electron chi connectivity index (χ1n) is 8.38. The number of aromatic nitrogens is 2. The smallest absolute Gasteiger partial charge is 0.237 e. The minimum absolute atomic E-state index is 0.0130. The van der Waals surface area contributed by atoms with Crippen molar-refractivity contribution in [1.29, 1.82) is 0 Å². The normalized spacial score (nSPS) is 17.4. The van der Waals surface area contributed by atoms with Crippen LogP contribution in [0.25, 0.3) is 11.0 Å². The number of aryl methyl sites for hydroxylation is 2. The Hall–Kier alpha value is -2.95. The van der Waals surface area contributed by atoms with E-state index in [-0.39, 0.29) is 24.2 Å². The van der Waals surface area contributed by atoms with Crippen LogP contribution in [0.4, 0.5) is 5.69 Å². The number of carbonyl (C=O) groups excluding carboxylic acids is 2. The van der Waals surface area contributed by atoms with Crippen LogP contribution in [0.5, 0.6) is 0 Å². The summed E-state index contributed by atoms with van der Waals surface area (Å²) in [6, 6.07) is 13.5. The zero-order valence-corrected chi connectivity index (χ0v) is 14.3. The molecule has 1 atom stereocenters. The molecule has 5 heteroatoms. The van der Waals surface area contributed by atoms with E-state index in [0.29, 0.717) is 6.54 Å². The number of benzene rings is 2. The summed E-state index contributed by atoms with van der Waals surface area (Å²) in [6.07, 6.45) is 1.81. The van der Waals surface area contributed by atoms with Crippen LogP contribution in [0.1, 0.15) is 22.3 Å². The molecule has 25 heavy (non-hydrogen) atoms. The van der Waals surface area contributed by atoms with Crippen molar-refractivity contribution in [2.45, 2.75) is 20.3 Å². The number of carbonyl (C=O) groups is 2. The van der Waals surface area contributed by atoms with Gasteiger partial charge in [-0.2, -0.15) is 0 Å². The van der Waals surface area contributed by atoms with Gasteiger partial charge in [0.25, 0.3) is 0 Å². The van der Waals surface area contributed by atoms with Gasteiger partial charge in [0.15, 0.2) is 0 Å². The summed E-state index contributed by atoms with van der Waals surface area (Å²) in [6.45, 7) is 4.46. The zero-order valence-electron chi connectivity index (χ0n) is 14.3. The SMILES string of the molecule is Cc1cc2ncn(C(=O)C3CC(=O)N(c4ccccc4)C3)c2cc1C. The fraction of sp³-hybridized carbons (Fsp3) is 0.250. The van der Waals surface area contributed by atoms with E-state index in [1.54, 1.807) is 15.8 Å². The summed E-state index contributed by atoms with van der Waals surface area (Å²) in [7, 11) is 0. The van der Waals surface area contributed by atoms with E-state index in [0.717, 1.165) is 27.8 Å². The van der Waals surface area contributed by atoms with Crippen molar-refractivity contribution in [2.24, 2.45) is 5.92 Å². The molecule has 5 nitrogen and oxygen atoms in total. The van der Waals surface area contributed by atoms with Crippen molar-refractivity contribution in [2.75, 3.05) is 11.4 Å². The molecule has 0 radical (unpaired) electrons. The summed E-state index contributed by atoms with van der Waals surface area (Å²) >= 11 is 0. The summed E-state index contributed by atoms with van der Waals surface area (Å²) in [5.74, 6) is -0.440. The molecule has 0 bridgehead atoms. The van der Waals surface area contributed by atoms with Crippen LogP contribution in [0.3, 0.4) is 0 Å². The number of hydrogen-bond donors (Lipinski definition) is 0. The van der Waals surface area contributed by atoms with Crippen LogP contribution in [0.2, 0.25) is 0 Å². The maximum Gasteiger partial charge on any atom is 0.237 e. The lowest BCUT2D eigenvalue weighted by atomic mass is 10.1. The molecule has 2 aromatic carbocycles. The monoisotopic (exact) mass is 333 g/mol. The van der Waals surface area contributed by atoms with E-state index < -0.39 is 0 Å². The molecule has 1 aromatic heterocycles. The summed E-state index contributed by atoms with van der Waals surface area (Å²) in [4.78, 5) is 31.4. The molecule has 0 N–H and O–H groups in total. The van der Waals surface area contributed by atoms with E-state index >= 15 is 0 Å². The molecule has 0 spiro atoms. The van der Waals surface area contributed by atoms with E-state index in [1.807, 2.05) is 56.3 Å². The van der Waals surface area contributed by atoms with E-state index in [1.165, 1.54) is 0 Å². The fourth-order valence-corrected chi connectivity index (χ4v) is 3.37. The highest BCUT2D eigenvalue weighted by atomic mass is 16.2. The lowest BCUT2D eigenvalue weighted by Crippen LogP contribution is -2.27. The summed E-state index contributed by atoms with van der Waals surface area (Å²) in [5.41, 5.74) is 4.72. The second-order valence-corrected chi connectivity index (χ2v) is 6.62.